The minimum atomic E-state index is -0.156. The molecule has 4 aromatic rings. The Hall–Kier alpha value is -3.54. The maximum absolute atomic E-state index is 11.0. The van der Waals surface area contributed by atoms with Gasteiger partial charge in [-0.3, -0.25) is 0 Å². The highest BCUT2D eigenvalue weighted by molar-refractivity contribution is 5.83. The number of furan rings is 1. The summed E-state index contributed by atoms with van der Waals surface area (Å²) in [7, 11) is 0. The molecule has 2 aromatic carbocycles. The van der Waals surface area contributed by atoms with E-state index in [0.29, 0.717) is 18.0 Å². The van der Waals surface area contributed by atoms with Gasteiger partial charge in [0.1, 0.15) is 17.5 Å². The van der Waals surface area contributed by atoms with Gasteiger partial charge >= 0.3 is 0 Å². The Morgan fingerprint density at radius 1 is 1.18 bits per heavy atom. The second kappa shape index (κ2) is 6.88. The molecule has 0 aliphatic carbocycles. The lowest BCUT2D eigenvalue weighted by molar-refractivity contribution is 0.196. The van der Waals surface area contributed by atoms with E-state index in [4.69, 9.17) is 9.15 Å². The minimum absolute atomic E-state index is 0.156. The molecule has 0 saturated heterocycles. The quantitative estimate of drug-likeness (QED) is 0.479. The van der Waals surface area contributed by atoms with Gasteiger partial charge in [0.05, 0.1) is 24.8 Å². The fourth-order valence-electron chi connectivity index (χ4n) is 3.84. The zero-order valence-corrected chi connectivity index (χ0v) is 15.2. The van der Waals surface area contributed by atoms with Crippen LogP contribution in [0.3, 0.4) is 0 Å². The van der Waals surface area contributed by atoms with E-state index >= 15 is 0 Å². The third kappa shape index (κ3) is 2.93. The Labute approximate surface area is 161 Å². The summed E-state index contributed by atoms with van der Waals surface area (Å²) in [6, 6.07) is 15.6. The lowest BCUT2D eigenvalue weighted by Crippen LogP contribution is -2.36. The number of H-pyrrole nitrogens is 1. The van der Waals surface area contributed by atoms with E-state index in [-0.39, 0.29) is 6.10 Å². The molecule has 0 bridgehead atoms. The summed E-state index contributed by atoms with van der Waals surface area (Å²) >= 11 is 0. The number of hydrogen-bond donors (Lipinski definition) is 1. The number of fused-ring (bicyclic) bond motifs is 2. The summed E-state index contributed by atoms with van der Waals surface area (Å²) in [5, 5.41) is 4.29. The predicted octanol–water partition coefficient (Wildman–Crippen LogP) is 5.34. The normalized spacial score (nSPS) is 16.0. The second-order valence-corrected chi connectivity index (χ2v) is 6.96. The molecule has 0 saturated carbocycles. The number of para-hydroxylation sites is 1. The molecule has 0 amide bonds. The summed E-state index contributed by atoms with van der Waals surface area (Å²) in [6.07, 6.45) is 6.17. The number of aromatic nitrogens is 1. The molecule has 2 aromatic heterocycles. The summed E-state index contributed by atoms with van der Waals surface area (Å²) in [4.78, 5) is 16.6. The van der Waals surface area contributed by atoms with Gasteiger partial charge in [0.15, 0.2) is 0 Å². The van der Waals surface area contributed by atoms with Gasteiger partial charge in [0.2, 0.25) is 0 Å². The molecule has 6 nitrogen and oxygen atoms in total. The average Bonchev–Trinajstić information content (AvgIpc) is 3.41. The van der Waals surface area contributed by atoms with Crippen LogP contribution in [-0.2, 0) is 6.42 Å². The third-order valence-corrected chi connectivity index (χ3v) is 5.29. The van der Waals surface area contributed by atoms with Gasteiger partial charge in [-0.05, 0) is 41.4 Å². The van der Waals surface area contributed by atoms with E-state index in [1.54, 1.807) is 24.7 Å². The Kier molecular flexibility index (Phi) is 4.09. The van der Waals surface area contributed by atoms with Crippen LogP contribution in [0.5, 0.6) is 5.75 Å². The van der Waals surface area contributed by atoms with Crippen molar-refractivity contribution in [3.63, 3.8) is 0 Å². The van der Waals surface area contributed by atoms with Gasteiger partial charge in [0, 0.05) is 35.3 Å². The largest absolute Gasteiger partial charge is 0.481 e. The van der Waals surface area contributed by atoms with E-state index in [2.05, 4.69) is 39.5 Å². The molecular weight excluding hydrogens is 354 g/mol. The smallest absolute Gasteiger partial charge is 0.145 e. The summed E-state index contributed by atoms with van der Waals surface area (Å²) < 4.78 is 11.4. The maximum atomic E-state index is 11.0. The van der Waals surface area contributed by atoms with Crippen LogP contribution in [0, 0.1) is 4.91 Å². The van der Waals surface area contributed by atoms with Crippen molar-refractivity contribution in [2.45, 2.75) is 12.5 Å². The molecule has 3 heterocycles. The van der Waals surface area contributed by atoms with Crippen molar-refractivity contribution in [2.75, 3.05) is 18.0 Å². The highest BCUT2D eigenvalue weighted by atomic mass is 16.5. The highest BCUT2D eigenvalue weighted by Gasteiger charge is 2.28. The van der Waals surface area contributed by atoms with Crippen molar-refractivity contribution >= 4 is 22.3 Å². The second-order valence-electron chi connectivity index (χ2n) is 6.96. The molecule has 0 fully saturated rings. The van der Waals surface area contributed by atoms with E-state index < -0.39 is 0 Å². The molecule has 6 heteroatoms. The van der Waals surface area contributed by atoms with Gasteiger partial charge in [-0.25, -0.2) is 0 Å². The van der Waals surface area contributed by atoms with Crippen LogP contribution in [0.1, 0.15) is 17.2 Å². The zero-order chi connectivity index (χ0) is 18.9. The minimum Gasteiger partial charge on any atom is -0.481 e. The Morgan fingerprint density at radius 2 is 2.11 bits per heavy atom. The summed E-state index contributed by atoms with van der Waals surface area (Å²) in [6.45, 7) is 1.54. The maximum Gasteiger partial charge on any atom is 0.145 e. The van der Waals surface area contributed by atoms with Crippen molar-refractivity contribution in [1.29, 1.82) is 0 Å². The van der Waals surface area contributed by atoms with E-state index in [9.17, 15) is 4.91 Å². The predicted molar refractivity (Wildman–Crippen MR) is 108 cm³/mol. The third-order valence-electron chi connectivity index (χ3n) is 5.29. The van der Waals surface area contributed by atoms with Crippen molar-refractivity contribution < 1.29 is 9.15 Å². The molecule has 28 heavy (non-hydrogen) atoms. The molecular formula is C22H19N3O3. The van der Waals surface area contributed by atoms with E-state index in [1.807, 2.05) is 18.2 Å². The number of nitrogens with zero attached hydrogens (tertiary/aromatic N) is 2. The number of rotatable bonds is 5. The molecule has 1 aliphatic heterocycles. The summed E-state index contributed by atoms with van der Waals surface area (Å²) in [5.41, 5.74) is 4.76. The molecule has 0 spiro atoms. The molecule has 1 atom stereocenters. The first-order valence-corrected chi connectivity index (χ1v) is 9.28. The topological polar surface area (TPSA) is 70.8 Å². The van der Waals surface area contributed by atoms with Crippen LogP contribution < -0.4 is 9.64 Å². The molecule has 0 radical (unpaired) electrons. The highest BCUT2D eigenvalue weighted by Crippen LogP contribution is 2.40. The first kappa shape index (κ1) is 16.6. The van der Waals surface area contributed by atoms with Crippen molar-refractivity contribution in [1.82, 2.24) is 4.98 Å². The molecule has 5 rings (SSSR count). The number of aromatic amines is 1. The average molecular weight is 373 g/mol. The fraction of sp³-hybridized carbons (Fsp3) is 0.182. The van der Waals surface area contributed by atoms with Gasteiger partial charge in [-0.2, -0.15) is 0 Å². The fourth-order valence-corrected chi connectivity index (χ4v) is 3.84. The van der Waals surface area contributed by atoms with Gasteiger partial charge in [-0.1, -0.05) is 18.2 Å². The van der Waals surface area contributed by atoms with Crippen LogP contribution in [0.25, 0.3) is 10.9 Å². The lowest BCUT2D eigenvalue weighted by Gasteiger charge is -2.36. The summed E-state index contributed by atoms with van der Waals surface area (Å²) in [5.74, 6) is 0.675. The molecule has 1 aliphatic rings. The number of benzene rings is 2. The van der Waals surface area contributed by atoms with Crippen LogP contribution in [0.4, 0.5) is 11.4 Å². The van der Waals surface area contributed by atoms with Crippen molar-refractivity contribution in [2.24, 2.45) is 5.18 Å². The molecule has 1 N–H and O–H groups in total. The van der Waals surface area contributed by atoms with Crippen LogP contribution >= 0.6 is 0 Å². The number of hydrogen-bond acceptors (Lipinski definition) is 5. The van der Waals surface area contributed by atoms with Gasteiger partial charge < -0.3 is 19.0 Å². The van der Waals surface area contributed by atoms with Crippen LogP contribution in [0.2, 0.25) is 0 Å². The van der Waals surface area contributed by atoms with Crippen LogP contribution in [-0.4, -0.2) is 18.1 Å². The Bertz CT molecular complexity index is 1120. The van der Waals surface area contributed by atoms with E-state index in [0.717, 1.165) is 29.7 Å². The zero-order valence-electron chi connectivity index (χ0n) is 15.2. The van der Waals surface area contributed by atoms with Gasteiger partial charge in [0.25, 0.3) is 0 Å². The molecule has 140 valence electrons. The molecule has 1 unspecified atom stereocenters. The Morgan fingerprint density at radius 3 is 2.96 bits per heavy atom. The van der Waals surface area contributed by atoms with Crippen molar-refractivity contribution in [3.8, 4) is 5.75 Å². The first-order valence-electron chi connectivity index (χ1n) is 9.28. The Balaban J connectivity index is 1.44. The monoisotopic (exact) mass is 373 g/mol. The van der Waals surface area contributed by atoms with Gasteiger partial charge in [-0.15, -0.1) is 4.91 Å². The number of anilines is 1. The van der Waals surface area contributed by atoms with E-state index in [1.165, 1.54) is 10.9 Å². The first-order chi connectivity index (χ1) is 13.8. The number of nitroso groups, excluding NO2 is 1. The number of nitrogens with one attached hydrogen (secondary N) is 1. The standard InChI is InChI=1S/C22H19N3O3/c26-24-17-5-6-20-21(11-17)28-22(16-8-10-27-14-16)13-25(20)9-7-15-12-23-19-4-2-1-3-18(15)19/h1-6,8,10-12,14,22-23H,7,9,13H2. The number of ether oxygens (including phenoxy) is 1. The van der Waals surface area contributed by atoms with Crippen molar-refractivity contribution in [3.05, 3.63) is 83.3 Å². The SMILES string of the molecule is O=Nc1ccc2c(c1)OC(c1ccoc1)CN2CCc1c[nH]c2ccccc12. The van der Waals surface area contributed by atoms with Crippen LogP contribution in [0.15, 0.2) is 76.8 Å². The lowest BCUT2D eigenvalue weighted by atomic mass is 10.1.